The Morgan fingerprint density at radius 2 is 1.20 bits per heavy atom. The minimum Gasteiger partial charge on any atom is -0.463 e. The Bertz CT molecular complexity index is 1560. The monoisotopic (exact) mass is 858 g/mol. The fraction of sp³-hybridized carbons (Fsp3) is 0.842. The number of unbranched alkanes of at least 4 members (excludes halogenated alkanes) is 16. The molecule has 1 aromatic rings. The first-order valence-electron chi connectivity index (χ1n) is 21.1. The van der Waals surface area contributed by atoms with Gasteiger partial charge in [0.15, 0.2) is 0 Å². The first-order valence-corrected chi connectivity index (χ1v) is 22.5. The minimum atomic E-state index is -4.42. The molecular weight excluding hydrogens is 794 g/mol. The first kappa shape index (κ1) is 51.4. The number of rotatable bonds is 36. The highest BCUT2D eigenvalue weighted by Crippen LogP contribution is 2.50. The fourth-order valence-electron chi connectivity index (χ4n) is 6.31. The molecule has 0 radical (unpaired) electrons. The van der Waals surface area contributed by atoms with Gasteiger partial charge in [-0.05, 0) is 43.7 Å². The second-order valence-corrected chi connectivity index (χ2v) is 16.2. The molecule has 0 bridgehead atoms. The maximum absolute atomic E-state index is 15.0. The predicted octanol–water partition coefficient (Wildman–Crippen LogP) is 9.14. The summed E-state index contributed by atoms with van der Waals surface area (Å²) in [6.07, 6.45) is 15.3. The Balaban J connectivity index is 1.74. The predicted molar refractivity (Wildman–Crippen MR) is 217 cm³/mol. The van der Waals surface area contributed by atoms with E-state index in [1.54, 1.807) is 0 Å². The zero-order valence-corrected chi connectivity index (χ0v) is 35.4. The lowest BCUT2D eigenvalue weighted by Gasteiger charge is -2.21. The van der Waals surface area contributed by atoms with Crippen LogP contribution in [-0.2, 0) is 41.9 Å². The molecule has 21 heteroatoms. The number of phosphoric ester groups is 1. The summed E-state index contributed by atoms with van der Waals surface area (Å²) in [6.45, 7) is 0.777. The van der Waals surface area contributed by atoms with Crippen LogP contribution >= 0.6 is 7.82 Å². The lowest BCUT2D eigenvalue weighted by molar-refractivity contribution is -0.145. The largest absolute Gasteiger partial charge is 0.475 e. The number of aryl methyl sites for hydroxylation is 1. The molecule has 0 amide bonds. The van der Waals surface area contributed by atoms with Gasteiger partial charge in [-0.25, -0.2) is 13.8 Å². The van der Waals surface area contributed by atoms with E-state index in [4.69, 9.17) is 38.8 Å². The molecule has 2 rings (SSSR count). The summed E-state index contributed by atoms with van der Waals surface area (Å²) < 4.78 is 62.0. The topological polar surface area (TPSA) is 259 Å². The summed E-state index contributed by atoms with van der Waals surface area (Å²) in [6, 6.07) is 0. The molecule has 2 heterocycles. The van der Waals surface area contributed by atoms with E-state index in [2.05, 4.69) is 25.0 Å². The van der Waals surface area contributed by atoms with Gasteiger partial charge in [-0.3, -0.25) is 37.5 Å². The third-order valence-corrected chi connectivity index (χ3v) is 11.1. The van der Waals surface area contributed by atoms with Crippen LogP contribution in [0.1, 0.15) is 147 Å². The number of nitrogens with zero attached hydrogens (tertiary/aromatic N) is 7. The van der Waals surface area contributed by atoms with Crippen molar-refractivity contribution in [2.24, 2.45) is 10.2 Å². The van der Waals surface area contributed by atoms with Gasteiger partial charge in [0, 0.05) is 53.9 Å². The molecule has 1 aliphatic rings. The van der Waals surface area contributed by atoms with Crippen LogP contribution < -0.4 is 11.2 Å². The molecule has 3 atom stereocenters. The number of ether oxygens (including phenoxy) is 3. The van der Waals surface area contributed by atoms with Crippen LogP contribution in [0.2, 0.25) is 0 Å². The third kappa shape index (κ3) is 24.2. The lowest BCUT2D eigenvalue weighted by Crippen LogP contribution is -2.33. The molecule has 1 saturated heterocycles. The van der Waals surface area contributed by atoms with Crippen molar-refractivity contribution in [3.63, 3.8) is 0 Å². The van der Waals surface area contributed by atoms with Crippen molar-refractivity contribution in [1.29, 1.82) is 0 Å². The van der Waals surface area contributed by atoms with E-state index in [-0.39, 0.29) is 51.3 Å². The second-order valence-electron chi connectivity index (χ2n) is 14.5. The van der Waals surface area contributed by atoms with Gasteiger partial charge in [0.2, 0.25) is 0 Å². The van der Waals surface area contributed by atoms with Crippen molar-refractivity contribution >= 4 is 19.8 Å². The standard InChI is InChI=1S/C38H64FN8O11P/c1-31-29-47(38(51)44-37(31)50)34-28-32(39)33(58-34)30-57-59(52,55-26-24-53-35(48)20-16-12-8-4-2-6-10-14-18-22-42-45-40)56-27-25-54-36(49)21-17-13-9-5-3-7-11-15-19-23-43-46-41/h29,32-34H,2-28,30H2,1H3,(H,44,50,51)/t32-,33+,34+/m0/s1. The number of hydrogen-bond acceptors (Lipinski definition) is 13. The normalized spacial score (nSPS) is 17.2. The number of H-pyrrole nitrogens is 1. The molecule has 1 aliphatic heterocycles. The molecule has 0 aromatic carbocycles. The smallest absolute Gasteiger partial charge is 0.463 e. The Morgan fingerprint density at radius 1 is 0.763 bits per heavy atom. The Hall–Kier alpha value is -3.76. The van der Waals surface area contributed by atoms with E-state index in [0.29, 0.717) is 25.9 Å². The average molecular weight is 859 g/mol. The van der Waals surface area contributed by atoms with E-state index in [1.807, 2.05) is 0 Å². The van der Waals surface area contributed by atoms with Crippen LogP contribution in [-0.4, -0.2) is 79.9 Å². The number of aromatic amines is 1. The molecule has 1 fully saturated rings. The Labute approximate surface area is 345 Å². The Morgan fingerprint density at radius 3 is 1.66 bits per heavy atom. The van der Waals surface area contributed by atoms with Gasteiger partial charge >= 0.3 is 25.5 Å². The van der Waals surface area contributed by atoms with E-state index in [0.717, 1.165) is 107 Å². The summed E-state index contributed by atoms with van der Waals surface area (Å²) >= 11 is 0. The summed E-state index contributed by atoms with van der Waals surface area (Å²) in [5, 5.41) is 7.06. The number of aromatic nitrogens is 2. The number of carbonyl (C=O) groups excluding carboxylic acids is 2. The maximum atomic E-state index is 15.0. The fourth-order valence-corrected chi connectivity index (χ4v) is 7.46. The van der Waals surface area contributed by atoms with Gasteiger partial charge in [0.1, 0.15) is 31.7 Å². The number of esters is 2. The van der Waals surface area contributed by atoms with Crippen LogP contribution in [0.25, 0.3) is 20.9 Å². The quantitative estimate of drug-likeness (QED) is 0.0166. The number of nitrogens with one attached hydrogen (secondary N) is 1. The highest BCUT2D eigenvalue weighted by molar-refractivity contribution is 7.48. The van der Waals surface area contributed by atoms with Crippen molar-refractivity contribution < 1.29 is 46.3 Å². The highest BCUT2D eigenvalue weighted by atomic mass is 31.2. The highest BCUT2D eigenvalue weighted by Gasteiger charge is 2.39. The Kier molecular flexibility index (Phi) is 27.9. The summed E-state index contributed by atoms with van der Waals surface area (Å²) in [7, 11) is -4.42. The van der Waals surface area contributed by atoms with E-state index in [9.17, 15) is 23.7 Å². The molecule has 0 saturated carbocycles. The number of carbonyl (C=O) groups is 2. The van der Waals surface area contributed by atoms with Crippen LogP contribution in [0.3, 0.4) is 0 Å². The van der Waals surface area contributed by atoms with Crippen molar-refractivity contribution in [2.75, 3.05) is 46.1 Å². The second kappa shape index (κ2) is 32.1. The van der Waals surface area contributed by atoms with Crippen molar-refractivity contribution in [3.05, 3.63) is 53.5 Å². The summed E-state index contributed by atoms with van der Waals surface area (Å²) in [5.41, 5.74) is 15.5. The zero-order chi connectivity index (χ0) is 43.0. The third-order valence-electron chi connectivity index (χ3n) is 9.61. The number of halogens is 1. The molecule has 59 heavy (non-hydrogen) atoms. The van der Waals surface area contributed by atoms with Crippen LogP contribution in [0, 0.1) is 6.92 Å². The number of phosphoric acid groups is 1. The van der Waals surface area contributed by atoms with Gasteiger partial charge in [-0.15, -0.1) is 0 Å². The van der Waals surface area contributed by atoms with E-state index in [1.165, 1.54) is 13.1 Å². The summed E-state index contributed by atoms with van der Waals surface area (Å²) in [4.78, 5) is 56.3. The van der Waals surface area contributed by atoms with Gasteiger partial charge < -0.3 is 14.2 Å². The first-order chi connectivity index (χ1) is 28.6. The lowest BCUT2D eigenvalue weighted by atomic mass is 10.1. The number of azide groups is 2. The molecule has 0 unspecified atom stereocenters. The van der Waals surface area contributed by atoms with Gasteiger partial charge in [-0.2, -0.15) is 0 Å². The molecular formula is C38H64FN8O11P. The maximum Gasteiger partial charge on any atom is 0.475 e. The van der Waals surface area contributed by atoms with Gasteiger partial charge in [0.25, 0.3) is 5.56 Å². The van der Waals surface area contributed by atoms with Crippen molar-refractivity contribution in [1.82, 2.24) is 9.55 Å². The van der Waals surface area contributed by atoms with E-state index >= 15 is 4.39 Å². The molecule has 1 N–H and O–H groups in total. The average Bonchev–Trinajstić information content (AvgIpc) is 3.59. The summed E-state index contributed by atoms with van der Waals surface area (Å²) in [5.74, 6) is -0.878. The van der Waals surface area contributed by atoms with Gasteiger partial charge in [0.05, 0.1) is 19.8 Å². The SMILES string of the molecule is Cc1cn([C@H]2C[C@H](F)[C@@H](COP(=O)(OCCOC(=O)CCCCCCCCCCCN=[N+]=[N-])OCCOC(=O)CCCCCCCCCCCN=[N+]=[N-])O2)c(=O)[nH]c1=O. The van der Waals surface area contributed by atoms with E-state index < -0.39 is 56.1 Å². The number of alkyl halides is 1. The van der Waals surface area contributed by atoms with Gasteiger partial charge in [-0.1, -0.05) is 100 Å². The van der Waals surface area contributed by atoms with Crippen molar-refractivity contribution in [2.45, 2.75) is 160 Å². The van der Waals surface area contributed by atoms with Crippen molar-refractivity contribution in [3.8, 4) is 0 Å². The molecule has 0 spiro atoms. The minimum absolute atomic E-state index is 0.216. The molecule has 1 aromatic heterocycles. The van der Waals surface area contributed by atoms with Crippen LogP contribution in [0.15, 0.2) is 26.0 Å². The van der Waals surface area contributed by atoms with Crippen LogP contribution in [0.5, 0.6) is 0 Å². The van der Waals surface area contributed by atoms with Crippen LogP contribution in [0.4, 0.5) is 4.39 Å². The molecule has 19 nitrogen and oxygen atoms in total. The molecule has 334 valence electrons. The molecule has 0 aliphatic carbocycles. The zero-order valence-electron chi connectivity index (χ0n) is 34.6. The number of hydrogen-bond donors (Lipinski definition) is 1.